The van der Waals surface area contributed by atoms with Crippen molar-refractivity contribution in [2.24, 2.45) is 0 Å². The van der Waals surface area contributed by atoms with E-state index in [0.717, 1.165) is 6.26 Å². The first-order chi connectivity index (χ1) is 6.70. The average molecular weight is 193 g/mol. The third kappa shape index (κ3) is 3.06. The smallest absolute Gasteiger partial charge is 0.343 e. The maximum atomic E-state index is 11.1. The lowest BCUT2D eigenvalue weighted by molar-refractivity contribution is -0.403. The number of hydrogen-bond donors (Lipinski definition) is 0. The molecule has 0 amide bonds. The Hall–Kier alpha value is -2.17. The maximum absolute atomic E-state index is 11.1. The molecule has 5 nitrogen and oxygen atoms in total. The first kappa shape index (κ1) is 9.91. The highest BCUT2D eigenvalue weighted by atomic mass is 16.6. The summed E-state index contributed by atoms with van der Waals surface area (Å²) < 4.78 is 4.48. The van der Waals surface area contributed by atoms with Crippen LogP contribution in [0.2, 0.25) is 0 Å². The van der Waals surface area contributed by atoms with Gasteiger partial charge < -0.3 is 4.74 Å². The molecule has 0 heterocycles. The third-order valence-electron chi connectivity index (χ3n) is 1.37. The number of ether oxygens (including phenoxy) is 1. The van der Waals surface area contributed by atoms with Crippen LogP contribution in [-0.2, 0) is 4.74 Å². The molecule has 1 rings (SSSR count). The van der Waals surface area contributed by atoms with Crippen molar-refractivity contribution < 1.29 is 14.5 Å². The fraction of sp³-hybridized carbons (Fsp3) is 0. The van der Waals surface area contributed by atoms with Gasteiger partial charge in [0.2, 0.25) is 0 Å². The number of benzene rings is 1. The summed E-state index contributed by atoms with van der Waals surface area (Å²) in [5.74, 6) is -0.622. The maximum Gasteiger partial charge on any atom is 0.343 e. The number of carbonyl (C=O) groups is 1. The molecule has 0 aromatic heterocycles. The van der Waals surface area contributed by atoms with Crippen molar-refractivity contribution in [3.8, 4) is 0 Å². The van der Waals surface area contributed by atoms with Gasteiger partial charge in [0.05, 0.1) is 10.5 Å². The minimum atomic E-state index is -0.710. The van der Waals surface area contributed by atoms with Gasteiger partial charge in [0, 0.05) is 0 Å². The Bertz CT molecular complexity index is 358. The van der Waals surface area contributed by atoms with Crippen LogP contribution in [0.15, 0.2) is 42.8 Å². The Kier molecular flexibility index (Phi) is 3.37. The Morgan fingerprint density at radius 2 is 2.00 bits per heavy atom. The molecule has 72 valence electrons. The molecule has 0 aliphatic heterocycles. The molecule has 0 saturated heterocycles. The van der Waals surface area contributed by atoms with Gasteiger partial charge in [-0.1, -0.05) is 18.2 Å². The zero-order chi connectivity index (χ0) is 10.4. The molecule has 0 aliphatic rings. The molecule has 0 aliphatic carbocycles. The van der Waals surface area contributed by atoms with Gasteiger partial charge in [-0.05, 0) is 12.1 Å². The lowest BCUT2D eigenvalue weighted by atomic mass is 10.2. The molecule has 0 radical (unpaired) electrons. The van der Waals surface area contributed by atoms with E-state index in [1.54, 1.807) is 30.3 Å². The topological polar surface area (TPSA) is 69.4 Å². The quantitative estimate of drug-likeness (QED) is 0.316. The molecule has 0 spiro atoms. The van der Waals surface area contributed by atoms with Crippen molar-refractivity contribution in [2.45, 2.75) is 0 Å². The lowest BCUT2D eigenvalue weighted by Crippen LogP contribution is -2.00. The highest BCUT2D eigenvalue weighted by molar-refractivity contribution is 5.89. The highest BCUT2D eigenvalue weighted by Gasteiger charge is 2.03. The van der Waals surface area contributed by atoms with Crippen molar-refractivity contribution >= 4 is 5.97 Å². The Balaban J connectivity index is 2.56. The molecule has 5 heteroatoms. The normalized spacial score (nSPS) is 10.0. The largest absolute Gasteiger partial charge is 0.424 e. The summed E-state index contributed by atoms with van der Waals surface area (Å²) >= 11 is 0. The van der Waals surface area contributed by atoms with Crippen molar-refractivity contribution in [2.75, 3.05) is 0 Å². The van der Waals surface area contributed by atoms with Crippen LogP contribution in [0.1, 0.15) is 10.4 Å². The standard InChI is InChI=1S/C9H7NO4/c11-9(14-7-6-10(12)13)8-4-2-1-3-5-8/h1-7H. The number of nitro groups is 1. The second-order valence-corrected chi connectivity index (χ2v) is 2.34. The summed E-state index contributed by atoms with van der Waals surface area (Å²) in [7, 11) is 0. The predicted octanol–water partition coefficient (Wildman–Crippen LogP) is 1.59. The monoisotopic (exact) mass is 193 g/mol. The van der Waals surface area contributed by atoms with Crippen LogP contribution >= 0.6 is 0 Å². The molecule has 0 bridgehead atoms. The first-order valence-electron chi connectivity index (χ1n) is 3.76. The van der Waals surface area contributed by atoms with E-state index in [0.29, 0.717) is 11.8 Å². The Labute approximate surface area is 79.8 Å². The summed E-state index contributed by atoms with van der Waals surface area (Å²) in [5.41, 5.74) is 0.348. The van der Waals surface area contributed by atoms with Gasteiger partial charge in [-0.15, -0.1) is 0 Å². The second-order valence-electron chi connectivity index (χ2n) is 2.34. The van der Waals surface area contributed by atoms with Crippen LogP contribution in [0.3, 0.4) is 0 Å². The summed E-state index contributed by atoms with van der Waals surface area (Å²) in [6, 6.07) is 8.22. The van der Waals surface area contributed by atoms with Crippen molar-refractivity contribution in [1.29, 1.82) is 0 Å². The molecular weight excluding hydrogens is 186 g/mol. The van der Waals surface area contributed by atoms with Crippen LogP contribution in [0.4, 0.5) is 0 Å². The van der Waals surface area contributed by atoms with E-state index in [1.165, 1.54) is 0 Å². The number of carbonyl (C=O) groups excluding carboxylic acids is 1. The van der Waals surface area contributed by atoms with Gasteiger partial charge in [0.25, 0.3) is 6.20 Å². The minimum Gasteiger partial charge on any atom is -0.424 e. The SMILES string of the molecule is O=C(OC=C[N+](=O)[O-])c1ccccc1. The number of rotatable bonds is 3. The molecule has 14 heavy (non-hydrogen) atoms. The Morgan fingerprint density at radius 1 is 1.36 bits per heavy atom. The highest BCUT2D eigenvalue weighted by Crippen LogP contribution is 2.00. The molecule has 0 saturated carbocycles. The van der Waals surface area contributed by atoms with Crippen LogP contribution in [-0.4, -0.2) is 10.9 Å². The first-order valence-corrected chi connectivity index (χ1v) is 3.76. The fourth-order valence-corrected chi connectivity index (χ4v) is 0.784. The lowest BCUT2D eigenvalue weighted by Gasteiger charge is -1.96. The van der Waals surface area contributed by atoms with E-state index >= 15 is 0 Å². The summed E-state index contributed by atoms with van der Waals surface area (Å²) in [6.07, 6.45) is 1.30. The summed E-state index contributed by atoms with van der Waals surface area (Å²) in [6.45, 7) is 0. The van der Waals surface area contributed by atoms with Crippen molar-refractivity contribution in [1.82, 2.24) is 0 Å². The van der Waals surface area contributed by atoms with E-state index in [1.807, 2.05) is 0 Å². The zero-order valence-corrected chi connectivity index (χ0v) is 7.12. The summed E-state index contributed by atoms with van der Waals surface area (Å²) in [5, 5.41) is 9.84. The third-order valence-corrected chi connectivity index (χ3v) is 1.37. The van der Waals surface area contributed by atoms with Crippen LogP contribution < -0.4 is 0 Å². The molecule has 0 N–H and O–H groups in total. The van der Waals surface area contributed by atoms with Gasteiger partial charge in [0.1, 0.15) is 0 Å². The zero-order valence-electron chi connectivity index (χ0n) is 7.12. The molecular formula is C9H7NO4. The van der Waals surface area contributed by atoms with E-state index in [2.05, 4.69) is 4.74 Å². The second kappa shape index (κ2) is 4.76. The minimum absolute atomic E-state index is 0.348. The van der Waals surface area contributed by atoms with Crippen LogP contribution in [0.25, 0.3) is 0 Å². The van der Waals surface area contributed by atoms with E-state index in [9.17, 15) is 14.9 Å². The van der Waals surface area contributed by atoms with Gasteiger partial charge in [-0.2, -0.15) is 0 Å². The molecule has 0 unspecified atom stereocenters. The van der Waals surface area contributed by atoms with Gasteiger partial charge >= 0.3 is 5.97 Å². The van der Waals surface area contributed by atoms with Gasteiger partial charge in [-0.3, -0.25) is 10.1 Å². The average Bonchev–Trinajstić information content (AvgIpc) is 2.18. The van der Waals surface area contributed by atoms with Gasteiger partial charge in [0.15, 0.2) is 6.26 Å². The van der Waals surface area contributed by atoms with E-state index < -0.39 is 10.9 Å². The van der Waals surface area contributed by atoms with E-state index in [4.69, 9.17) is 0 Å². The molecule has 1 aromatic carbocycles. The molecule has 0 fully saturated rings. The number of nitrogens with zero attached hydrogens (tertiary/aromatic N) is 1. The number of hydrogen-bond acceptors (Lipinski definition) is 4. The van der Waals surface area contributed by atoms with E-state index in [-0.39, 0.29) is 0 Å². The van der Waals surface area contributed by atoms with Crippen LogP contribution in [0.5, 0.6) is 0 Å². The molecule has 1 aromatic rings. The Morgan fingerprint density at radius 3 is 2.57 bits per heavy atom. The van der Waals surface area contributed by atoms with Crippen LogP contribution in [0, 0.1) is 10.1 Å². The number of esters is 1. The predicted molar refractivity (Wildman–Crippen MR) is 48.0 cm³/mol. The summed E-state index contributed by atoms with van der Waals surface area (Å²) in [4.78, 5) is 20.3. The van der Waals surface area contributed by atoms with Crippen molar-refractivity contribution in [3.05, 3.63) is 58.5 Å². The fourth-order valence-electron chi connectivity index (χ4n) is 0.784. The van der Waals surface area contributed by atoms with Gasteiger partial charge in [-0.25, -0.2) is 4.79 Å². The van der Waals surface area contributed by atoms with Crippen molar-refractivity contribution in [3.63, 3.8) is 0 Å². The molecule has 0 atom stereocenters.